The number of fused-ring (bicyclic) bond motifs is 1. The van der Waals surface area contributed by atoms with Gasteiger partial charge < -0.3 is 10.1 Å². The van der Waals surface area contributed by atoms with Crippen LogP contribution in [0.5, 0.6) is 0 Å². The molecule has 3 aromatic rings. The monoisotopic (exact) mass is 272 g/mol. The van der Waals surface area contributed by atoms with Crippen molar-refractivity contribution in [2.45, 2.75) is 13.3 Å². The summed E-state index contributed by atoms with van der Waals surface area (Å²) >= 11 is 1.63. The number of imidazole rings is 1. The molecular formula is C14H12N2O2S. The van der Waals surface area contributed by atoms with Crippen molar-refractivity contribution < 1.29 is 9.90 Å². The number of carbonyl (C=O) groups is 1. The predicted molar refractivity (Wildman–Crippen MR) is 74.9 cm³/mol. The number of nitrogens with zero attached hydrogens (tertiary/aromatic N) is 1. The molecule has 2 aromatic heterocycles. The summed E-state index contributed by atoms with van der Waals surface area (Å²) in [4.78, 5) is 19.5. The van der Waals surface area contributed by atoms with E-state index in [9.17, 15) is 4.79 Å². The minimum absolute atomic E-state index is 0.332. The Hall–Kier alpha value is -2.14. The van der Waals surface area contributed by atoms with Gasteiger partial charge in [-0.05, 0) is 30.0 Å². The van der Waals surface area contributed by atoms with Crippen LogP contribution in [0.3, 0.4) is 0 Å². The molecule has 0 atom stereocenters. The molecule has 1 aromatic carbocycles. The Morgan fingerprint density at radius 3 is 3.00 bits per heavy atom. The number of nitrogens with one attached hydrogen (secondary N) is 1. The van der Waals surface area contributed by atoms with E-state index >= 15 is 0 Å². The summed E-state index contributed by atoms with van der Waals surface area (Å²) < 4.78 is 1.01. The number of thiophene rings is 1. The van der Waals surface area contributed by atoms with Gasteiger partial charge in [0.05, 0.1) is 5.56 Å². The third-order valence-electron chi connectivity index (χ3n) is 3.17. The number of carboxylic acid groups (broad SMARTS) is 1. The summed E-state index contributed by atoms with van der Waals surface area (Å²) in [5.74, 6) is 0.0358. The second kappa shape index (κ2) is 4.51. The van der Waals surface area contributed by atoms with E-state index < -0.39 is 5.97 Å². The molecule has 2 heterocycles. The molecular weight excluding hydrogens is 260 g/mol. The molecule has 2 N–H and O–H groups in total. The Morgan fingerprint density at radius 2 is 2.32 bits per heavy atom. The van der Waals surface area contributed by atoms with Gasteiger partial charge in [-0.3, -0.25) is 0 Å². The molecule has 5 heteroatoms. The van der Waals surface area contributed by atoms with Gasteiger partial charge in [-0.25, -0.2) is 9.78 Å². The minimum Gasteiger partial charge on any atom is -0.478 e. The lowest BCUT2D eigenvalue weighted by molar-refractivity contribution is 0.0697. The minimum atomic E-state index is -0.888. The van der Waals surface area contributed by atoms with E-state index in [1.807, 2.05) is 6.07 Å². The number of aromatic carboxylic acids is 1. The number of H-pyrrole nitrogens is 1. The quantitative estimate of drug-likeness (QED) is 0.769. The van der Waals surface area contributed by atoms with E-state index in [0.717, 1.165) is 22.3 Å². The number of carboxylic acids is 1. The Balaban J connectivity index is 2.06. The molecule has 96 valence electrons. The molecule has 0 spiro atoms. The van der Waals surface area contributed by atoms with Crippen LogP contribution >= 0.6 is 11.3 Å². The average molecular weight is 272 g/mol. The summed E-state index contributed by atoms with van der Waals surface area (Å²) in [5.41, 5.74) is 1.53. The van der Waals surface area contributed by atoms with Crippen molar-refractivity contribution in [1.82, 2.24) is 9.97 Å². The number of hydrogen-bond acceptors (Lipinski definition) is 3. The highest BCUT2D eigenvalue weighted by atomic mass is 32.1. The molecule has 19 heavy (non-hydrogen) atoms. The fourth-order valence-corrected chi connectivity index (χ4v) is 3.38. The standard InChI is InChI=1S/C14H12N2O2S/c1-8-10-3-2-9(14(17)18)6-12(10)19-11(8)7-13-15-4-5-16-13/h2-6H,7H2,1H3,(H,15,16)(H,17,18). The lowest BCUT2D eigenvalue weighted by atomic mass is 10.1. The molecule has 4 nitrogen and oxygen atoms in total. The summed E-state index contributed by atoms with van der Waals surface area (Å²) in [6, 6.07) is 5.28. The zero-order valence-corrected chi connectivity index (χ0v) is 11.1. The molecule has 0 radical (unpaired) electrons. The molecule has 0 aliphatic rings. The molecule has 0 saturated carbocycles. The number of aryl methyl sites for hydroxylation is 1. The van der Waals surface area contributed by atoms with Crippen molar-refractivity contribution >= 4 is 27.4 Å². The Morgan fingerprint density at radius 1 is 1.47 bits per heavy atom. The first kappa shape index (κ1) is 11.9. The smallest absolute Gasteiger partial charge is 0.335 e. The van der Waals surface area contributed by atoms with Crippen molar-refractivity contribution in [3.05, 3.63) is 52.4 Å². The zero-order valence-electron chi connectivity index (χ0n) is 10.3. The van der Waals surface area contributed by atoms with Gasteiger partial charge in [0.25, 0.3) is 0 Å². The van der Waals surface area contributed by atoms with Gasteiger partial charge in [-0.1, -0.05) is 6.07 Å². The van der Waals surface area contributed by atoms with Crippen molar-refractivity contribution in [2.24, 2.45) is 0 Å². The van der Waals surface area contributed by atoms with Gasteiger partial charge in [-0.2, -0.15) is 0 Å². The highest BCUT2D eigenvalue weighted by Gasteiger charge is 2.12. The second-order valence-electron chi connectivity index (χ2n) is 4.38. The van der Waals surface area contributed by atoms with Crippen LogP contribution in [0.2, 0.25) is 0 Å². The number of rotatable bonds is 3. The maximum absolute atomic E-state index is 11.0. The molecule has 3 rings (SSSR count). The number of aromatic nitrogens is 2. The van der Waals surface area contributed by atoms with Crippen LogP contribution in [0.1, 0.15) is 26.6 Å². The predicted octanol–water partition coefficient (Wildman–Crippen LogP) is 3.22. The average Bonchev–Trinajstić information content (AvgIpc) is 2.99. The van der Waals surface area contributed by atoms with E-state index in [1.165, 1.54) is 10.4 Å². The van der Waals surface area contributed by atoms with Crippen LogP contribution in [-0.4, -0.2) is 21.0 Å². The van der Waals surface area contributed by atoms with Crippen molar-refractivity contribution in [1.29, 1.82) is 0 Å². The van der Waals surface area contributed by atoms with E-state index in [0.29, 0.717) is 5.56 Å². The van der Waals surface area contributed by atoms with Crippen LogP contribution in [0.15, 0.2) is 30.6 Å². The van der Waals surface area contributed by atoms with Crippen molar-refractivity contribution in [2.75, 3.05) is 0 Å². The van der Waals surface area contributed by atoms with Crippen LogP contribution < -0.4 is 0 Å². The lowest BCUT2D eigenvalue weighted by Gasteiger charge is -1.96. The largest absolute Gasteiger partial charge is 0.478 e. The zero-order chi connectivity index (χ0) is 13.4. The molecule has 0 aliphatic carbocycles. The lowest BCUT2D eigenvalue weighted by Crippen LogP contribution is -1.94. The van der Waals surface area contributed by atoms with E-state index in [4.69, 9.17) is 5.11 Å². The Bertz CT molecular complexity index is 744. The maximum Gasteiger partial charge on any atom is 0.335 e. The van der Waals surface area contributed by atoms with Crippen molar-refractivity contribution in [3.8, 4) is 0 Å². The Kier molecular flexibility index (Phi) is 2.83. The third kappa shape index (κ3) is 2.13. The van der Waals surface area contributed by atoms with Crippen LogP contribution in [0.25, 0.3) is 10.1 Å². The van der Waals surface area contributed by atoms with Crippen LogP contribution in [0, 0.1) is 6.92 Å². The fourth-order valence-electron chi connectivity index (χ4n) is 2.12. The van der Waals surface area contributed by atoms with Crippen LogP contribution in [0.4, 0.5) is 0 Å². The molecule has 0 amide bonds. The van der Waals surface area contributed by atoms with Gasteiger partial charge in [0.2, 0.25) is 0 Å². The van der Waals surface area contributed by atoms with E-state index in [2.05, 4.69) is 16.9 Å². The molecule has 0 bridgehead atoms. The third-order valence-corrected chi connectivity index (χ3v) is 4.42. The van der Waals surface area contributed by atoms with E-state index in [-0.39, 0.29) is 0 Å². The number of aromatic amines is 1. The first-order chi connectivity index (χ1) is 9.15. The maximum atomic E-state index is 11.0. The van der Waals surface area contributed by atoms with E-state index in [1.54, 1.807) is 35.9 Å². The van der Waals surface area contributed by atoms with Gasteiger partial charge >= 0.3 is 5.97 Å². The van der Waals surface area contributed by atoms with Crippen molar-refractivity contribution in [3.63, 3.8) is 0 Å². The topological polar surface area (TPSA) is 66.0 Å². The molecule has 0 aliphatic heterocycles. The van der Waals surface area contributed by atoms with Crippen LogP contribution in [-0.2, 0) is 6.42 Å². The normalized spacial score (nSPS) is 11.0. The van der Waals surface area contributed by atoms with Gasteiger partial charge in [0.1, 0.15) is 5.82 Å². The Labute approximate surface area is 113 Å². The second-order valence-corrected chi connectivity index (χ2v) is 5.52. The molecule has 0 unspecified atom stereocenters. The highest BCUT2D eigenvalue weighted by molar-refractivity contribution is 7.19. The summed E-state index contributed by atoms with van der Waals surface area (Å²) in [6.07, 6.45) is 4.29. The molecule has 0 saturated heterocycles. The summed E-state index contributed by atoms with van der Waals surface area (Å²) in [5, 5.41) is 10.1. The number of hydrogen-bond donors (Lipinski definition) is 2. The van der Waals surface area contributed by atoms with Gasteiger partial charge in [-0.15, -0.1) is 11.3 Å². The SMILES string of the molecule is Cc1c(Cc2ncc[nH]2)sc2cc(C(=O)O)ccc12. The summed E-state index contributed by atoms with van der Waals surface area (Å²) in [7, 11) is 0. The first-order valence-corrected chi connectivity index (χ1v) is 6.70. The first-order valence-electron chi connectivity index (χ1n) is 5.88. The highest BCUT2D eigenvalue weighted by Crippen LogP contribution is 2.32. The molecule has 0 fully saturated rings. The number of benzene rings is 1. The summed E-state index contributed by atoms with van der Waals surface area (Å²) in [6.45, 7) is 2.07. The van der Waals surface area contributed by atoms with Gasteiger partial charge in [0, 0.05) is 28.4 Å². The fraction of sp³-hybridized carbons (Fsp3) is 0.143. The van der Waals surface area contributed by atoms with Gasteiger partial charge in [0.15, 0.2) is 0 Å².